The van der Waals surface area contributed by atoms with Gasteiger partial charge in [-0.05, 0) is 20.8 Å². The molecular formula is C9H16N2OS. The molecule has 4 heteroatoms. The summed E-state index contributed by atoms with van der Waals surface area (Å²) in [4.78, 5) is 5.59. The van der Waals surface area contributed by atoms with Crippen LogP contribution in [0.3, 0.4) is 0 Å². The summed E-state index contributed by atoms with van der Waals surface area (Å²) in [6.07, 6.45) is 0. The summed E-state index contributed by atoms with van der Waals surface area (Å²) in [5.41, 5.74) is 1.10. The van der Waals surface area contributed by atoms with Gasteiger partial charge < -0.3 is 10.4 Å². The second-order valence-electron chi connectivity index (χ2n) is 3.21. The number of nitrogens with one attached hydrogen (secondary N) is 1. The fraction of sp³-hybridized carbons (Fsp3) is 0.667. The number of aliphatic hydroxyl groups is 1. The van der Waals surface area contributed by atoms with Gasteiger partial charge in [-0.1, -0.05) is 0 Å². The van der Waals surface area contributed by atoms with E-state index in [1.54, 1.807) is 11.3 Å². The highest BCUT2D eigenvalue weighted by molar-refractivity contribution is 7.11. The first kappa shape index (κ1) is 10.6. The summed E-state index contributed by atoms with van der Waals surface area (Å²) in [6, 6.07) is 0.154. The Hall–Kier alpha value is -0.450. The highest BCUT2D eigenvalue weighted by Gasteiger charge is 2.05. The second-order valence-corrected chi connectivity index (χ2v) is 4.49. The minimum Gasteiger partial charge on any atom is -0.395 e. The first-order chi connectivity index (χ1) is 6.13. The molecule has 0 radical (unpaired) electrons. The van der Waals surface area contributed by atoms with Crippen molar-refractivity contribution in [3.63, 3.8) is 0 Å². The van der Waals surface area contributed by atoms with Crippen molar-refractivity contribution < 1.29 is 5.11 Å². The van der Waals surface area contributed by atoms with Gasteiger partial charge in [-0.2, -0.15) is 0 Å². The average Bonchev–Trinajstić information content (AvgIpc) is 2.41. The molecule has 3 nitrogen and oxygen atoms in total. The van der Waals surface area contributed by atoms with Crippen LogP contribution in [0.15, 0.2) is 0 Å². The monoisotopic (exact) mass is 200 g/mol. The van der Waals surface area contributed by atoms with E-state index in [1.165, 1.54) is 4.88 Å². The molecule has 0 fully saturated rings. The van der Waals surface area contributed by atoms with E-state index in [9.17, 15) is 0 Å². The van der Waals surface area contributed by atoms with Gasteiger partial charge in [0.15, 0.2) is 0 Å². The zero-order valence-electron chi connectivity index (χ0n) is 8.29. The van der Waals surface area contributed by atoms with Crippen LogP contribution in [0.1, 0.15) is 22.5 Å². The molecule has 1 rings (SSSR count). The zero-order chi connectivity index (χ0) is 9.84. The molecule has 0 aliphatic rings. The summed E-state index contributed by atoms with van der Waals surface area (Å²) in [6.45, 7) is 6.97. The molecule has 0 saturated heterocycles. The highest BCUT2D eigenvalue weighted by atomic mass is 32.1. The fourth-order valence-electron chi connectivity index (χ4n) is 1.07. The lowest BCUT2D eigenvalue weighted by atomic mass is 10.3. The number of thiazole rings is 1. The summed E-state index contributed by atoms with van der Waals surface area (Å²) < 4.78 is 0. The molecule has 0 bridgehead atoms. The Morgan fingerprint density at radius 1 is 1.54 bits per heavy atom. The van der Waals surface area contributed by atoms with Crippen molar-refractivity contribution in [3.8, 4) is 0 Å². The molecule has 0 aromatic carbocycles. The van der Waals surface area contributed by atoms with Gasteiger partial charge in [-0.15, -0.1) is 11.3 Å². The third-order valence-electron chi connectivity index (χ3n) is 1.88. The lowest BCUT2D eigenvalue weighted by molar-refractivity contribution is 0.251. The third-order valence-corrected chi connectivity index (χ3v) is 2.96. The van der Waals surface area contributed by atoms with Crippen LogP contribution in [0.4, 0.5) is 0 Å². The van der Waals surface area contributed by atoms with Crippen molar-refractivity contribution in [1.82, 2.24) is 10.3 Å². The van der Waals surface area contributed by atoms with Crippen molar-refractivity contribution in [2.75, 3.05) is 6.61 Å². The van der Waals surface area contributed by atoms with E-state index >= 15 is 0 Å². The number of aromatic nitrogens is 1. The molecule has 2 N–H and O–H groups in total. The molecule has 13 heavy (non-hydrogen) atoms. The first-order valence-corrected chi connectivity index (χ1v) is 5.22. The van der Waals surface area contributed by atoms with Crippen LogP contribution < -0.4 is 5.32 Å². The highest BCUT2D eigenvalue weighted by Crippen LogP contribution is 2.16. The third kappa shape index (κ3) is 3.06. The van der Waals surface area contributed by atoms with Crippen molar-refractivity contribution >= 4 is 11.3 Å². The minimum atomic E-state index is 0.154. The van der Waals surface area contributed by atoms with Gasteiger partial charge in [0.2, 0.25) is 0 Å². The van der Waals surface area contributed by atoms with E-state index in [-0.39, 0.29) is 12.6 Å². The largest absolute Gasteiger partial charge is 0.395 e. The van der Waals surface area contributed by atoms with Crippen LogP contribution >= 0.6 is 11.3 Å². The Labute approximate surface area is 82.8 Å². The van der Waals surface area contributed by atoms with E-state index < -0.39 is 0 Å². The number of nitrogens with zero attached hydrogens (tertiary/aromatic N) is 1. The van der Waals surface area contributed by atoms with Crippen molar-refractivity contribution in [2.24, 2.45) is 0 Å². The maximum absolute atomic E-state index is 8.81. The summed E-state index contributed by atoms with van der Waals surface area (Å²) in [5.74, 6) is 0. The van der Waals surface area contributed by atoms with Crippen molar-refractivity contribution in [2.45, 2.75) is 33.4 Å². The molecule has 74 valence electrons. The van der Waals surface area contributed by atoms with Crippen molar-refractivity contribution in [3.05, 3.63) is 15.6 Å². The number of hydrogen-bond acceptors (Lipinski definition) is 4. The maximum atomic E-state index is 8.81. The van der Waals surface area contributed by atoms with Gasteiger partial charge in [0.25, 0.3) is 0 Å². The molecule has 0 spiro atoms. The van der Waals surface area contributed by atoms with Crippen LogP contribution in [0.5, 0.6) is 0 Å². The van der Waals surface area contributed by atoms with E-state index in [1.807, 2.05) is 20.8 Å². The van der Waals surface area contributed by atoms with Gasteiger partial charge in [-0.3, -0.25) is 0 Å². The van der Waals surface area contributed by atoms with Gasteiger partial charge in [-0.25, -0.2) is 4.98 Å². The predicted octanol–water partition coefficient (Wildman–Crippen LogP) is 1.23. The Kier molecular flexibility index (Phi) is 3.84. The molecule has 1 heterocycles. The minimum absolute atomic E-state index is 0.154. The van der Waals surface area contributed by atoms with Gasteiger partial charge in [0, 0.05) is 17.5 Å². The maximum Gasteiger partial charge on any atom is 0.0900 e. The first-order valence-electron chi connectivity index (χ1n) is 4.40. The Balaban J connectivity index is 2.49. The van der Waals surface area contributed by atoms with Gasteiger partial charge in [0.05, 0.1) is 17.3 Å². The van der Waals surface area contributed by atoms with Crippen molar-refractivity contribution in [1.29, 1.82) is 0 Å². The van der Waals surface area contributed by atoms with E-state index in [4.69, 9.17) is 5.11 Å². The molecule has 1 atom stereocenters. The normalized spacial score (nSPS) is 13.2. The second kappa shape index (κ2) is 4.69. The molecule has 1 aromatic heterocycles. The molecule has 1 aromatic rings. The van der Waals surface area contributed by atoms with E-state index in [0.717, 1.165) is 17.2 Å². The number of rotatable bonds is 4. The van der Waals surface area contributed by atoms with E-state index in [2.05, 4.69) is 10.3 Å². The quantitative estimate of drug-likeness (QED) is 0.768. The summed E-state index contributed by atoms with van der Waals surface area (Å²) in [5, 5.41) is 13.1. The smallest absolute Gasteiger partial charge is 0.0900 e. The lowest BCUT2D eigenvalue weighted by Gasteiger charge is -2.08. The Bertz CT molecular complexity index is 273. The van der Waals surface area contributed by atoms with Gasteiger partial charge >= 0.3 is 0 Å². The van der Waals surface area contributed by atoms with Crippen LogP contribution in [0.2, 0.25) is 0 Å². The molecule has 0 saturated carbocycles. The molecule has 0 amide bonds. The zero-order valence-corrected chi connectivity index (χ0v) is 9.11. The lowest BCUT2D eigenvalue weighted by Crippen LogP contribution is -2.28. The number of aliphatic hydroxyl groups excluding tert-OH is 1. The Morgan fingerprint density at radius 2 is 2.23 bits per heavy atom. The molecular weight excluding hydrogens is 184 g/mol. The van der Waals surface area contributed by atoms with Crippen LogP contribution in [-0.4, -0.2) is 22.7 Å². The van der Waals surface area contributed by atoms with Crippen LogP contribution in [0, 0.1) is 13.8 Å². The molecule has 1 unspecified atom stereocenters. The fourth-order valence-corrected chi connectivity index (χ4v) is 1.96. The SMILES string of the molecule is Cc1nc(C)c(CNC(C)CO)s1. The van der Waals surface area contributed by atoms with Crippen LogP contribution in [0.25, 0.3) is 0 Å². The topological polar surface area (TPSA) is 45.2 Å². The van der Waals surface area contributed by atoms with E-state index in [0.29, 0.717) is 0 Å². The number of aryl methyl sites for hydroxylation is 2. The standard InChI is InChI=1S/C9H16N2OS/c1-6(5-12)10-4-9-7(2)11-8(3)13-9/h6,10,12H,4-5H2,1-3H3. The van der Waals surface area contributed by atoms with Gasteiger partial charge in [0.1, 0.15) is 0 Å². The summed E-state index contributed by atoms with van der Waals surface area (Å²) >= 11 is 1.71. The molecule has 0 aliphatic carbocycles. The summed E-state index contributed by atoms with van der Waals surface area (Å²) in [7, 11) is 0. The predicted molar refractivity (Wildman–Crippen MR) is 55.0 cm³/mol. The average molecular weight is 200 g/mol. The Morgan fingerprint density at radius 3 is 2.69 bits per heavy atom. The number of hydrogen-bond donors (Lipinski definition) is 2. The molecule has 0 aliphatic heterocycles. The van der Waals surface area contributed by atoms with Crippen LogP contribution in [-0.2, 0) is 6.54 Å².